The molecule has 30 heavy (non-hydrogen) atoms. The molecule has 1 aliphatic carbocycles. The number of fused-ring (bicyclic) bond motifs is 2. The minimum atomic E-state index is -3.66. The molecule has 0 N–H and O–H groups in total. The van der Waals surface area contributed by atoms with Crippen LogP contribution < -0.4 is 4.74 Å². The number of hydrogen-bond donors (Lipinski definition) is 0. The summed E-state index contributed by atoms with van der Waals surface area (Å²) in [5, 5.41) is 0. The first kappa shape index (κ1) is 19.5. The zero-order valence-electron chi connectivity index (χ0n) is 16.7. The molecule has 0 spiro atoms. The molecule has 5 rings (SSSR count). The quantitative estimate of drug-likeness (QED) is 0.752. The number of para-hydroxylation sites is 1. The fourth-order valence-electron chi connectivity index (χ4n) is 4.40. The molecule has 1 saturated heterocycles. The molecule has 3 aliphatic rings. The van der Waals surface area contributed by atoms with Gasteiger partial charge < -0.3 is 9.64 Å². The van der Waals surface area contributed by atoms with E-state index in [1.165, 1.54) is 0 Å². The van der Waals surface area contributed by atoms with Crippen LogP contribution in [0.2, 0.25) is 0 Å². The number of carbonyl (C=O) groups excluding carboxylic acids is 1. The molecule has 0 bridgehead atoms. The van der Waals surface area contributed by atoms with Gasteiger partial charge in [-0.15, -0.1) is 0 Å². The summed E-state index contributed by atoms with van der Waals surface area (Å²) < 4.78 is 35.0. The number of pyridine rings is 1. The van der Waals surface area contributed by atoms with Crippen molar-refractivity contribution < 1.29 is 17.9 Å². The number of amides is 1. The van der Waals surface area contributed by atoms with Crippen LogP contribution in [0.15, 0.2) is 53.6 Å². The maximum atomic E-state index is 13.5. The molecular formula is C22H25N3O4S. The third-order valence-electron chi connectivity index (χ3n) is 6.20. The molecule has 1 saturated carbocycles. The van der Waals surface area contributed by atoms with Crippen LogP contribution in [0.3, 0.4) is 0 Å². The summed E-state index contributed by atoms with van der Waals surface area (Å²) in [4.78, 5) is 19.1. The largest absolute Gasteiger partial charge is 0.487 e. The first-order chi connectivity index (χ1) is 14.5. The van der Waals surface area contributed by atoms with Gasteiger partial charge in [-0.2, -0.15) is 4.31 Å². The number of benzene rings is 1. The zero-order valence-corrected chi connectivity index (χ0v) is 17.5. The van der Waals surface area contributed by atoms with E-state index in [4.69, 9.17) is 4.74 Å². The molecule has 2 atom stereocenters. The molecule has 1 amide bonds. The van der Waals surface area contributed by atoms with Gasteiger partial charge in [0.05, 0.1) is 6.04 Å². The SMILES string of the molecule is O=C(c1ccccn1)N1CC[C@@H]2[C@@H](CC1)Oc1ccccc1S(=O)(=O)N2CC1CC1. The Morgan fingerprint density at radius 3 is 2.57 bits per heavy atom. The van der Waals surface area contributed by atoms with Gasteiger partial charge in [-0.1, -0.05) is 18.2 Å². The zero-order chi connectivity index (χ0) is 20.7. The Bertz CT molecular complexity index is 1040. The highest BCUT2D eigenvalue weighted by molar-refractivity contribution is 7.89. The fraction of sp³-hybridized carbons (Fsp3) is 0.455. The number of carbonyl (C=O) groups is 1. The summed E-state index contributed by atoms with van der Waals surface area (Å²) in [6, 6.07) is 11.9. The molecule has 158 valence electrons. The second-order valence-corrected chi connectivity index (χ2v) is 10.1. The van der Waals surface area contributed by atoms with Crippen molar-refractivity contribution in [1.82, 2.24) is 14.2 Å². The van der Waals surface area contributed by atoms with E-state index < -0.39 is 10.0 Å². The summed E-state index contributed by atoms with van der Waals surface area (Å²) >= 11 is 0. The van der Waals surface area contributed by atoms with E-state index in [1.54, 1.807) is 57.9 Å². The van der Waals surface area contributed by atoms with Crippen LogP contribution in [0.4, 0.5) is 0 Å². The Morgan fingerprint density at radius 2 is 1.80 bits per heavy atom. The lowest BCUT2D eigenvalue weighted by Gasteiger charge is -2.31. The van der Waals surface area contributed by atoms with E-state index in [0.717, 1.165) is 12.8 Å². The van der Waals surface area contributed by atoms with Crippen molar-refractivity contribution in [3.63, 3.8) is 0 Å². The summed E-state index contributed by atoms with van der Waals surface area (Å²) in [5.74, 6) is 0.708. The molecule has 2 fully saturated rings. The number of ether oxygens (including phenoxy) is 1. The van der Waals surface area contributed by atoms with Gasteiger partial charge in [-0.05, 0) is 49.4 Å². The van der Waals surface area contributed by atoms with Crippen molar-refractivity contribution in [3.8, 4) is 5.75 Å². The minimum absolute atomic E-state index is 0.121. The first-order valence-electron chi connectivity index (χ1n) is 10.5. The molecule has 0 unspecified atom stereocenters. The Morgan fingerprint density at radius 1 is 1.03 bits per heavy atom. The van der Waals surface area contributed by atoms with Crippen molar-refractivity contribution in [2.45, 2.75) is 42.7 Å². The van der Waals surface area contributed by atoms with Gasteiger partial charge in [0, 0.05) is 32.3 Å². The predicted octanol–water partition coefficient (Wildman–Crippen LogP) is 2.55. The molecule has 2 aliphatic heterocycles. The monoisotopic (exact) mass is 427 g/mol. The van der Waals surface area contributed by atoms with Gasteiger partial charge >= 0.3 is 0 Å². The molecule has 1 aromatic carbocycles. The molecule has 1 aromatic heterocycles. The third-order valence-corrected chi connectivity index (χ3v) is 8.13. The average molecular weight is 428 g/mol. The Labute approximate surface area is 176 Å². The number of sulfonamides is 1. The highest BCUT2D eigenvalue weighted by Crippen LogP contribution is 2.39. The fourth-order valence-corrected chi connectivity index (χ4v) is 6.28. The van der Waals surface area contributed by atoms with Crippen LogP contribution in [0.5, 0.6) is 5.75 Å². The summed E-state index contributed by atoms with van der Waals surface area (Å²) in [6.45, 7) is 1.51. The van der Waals surface area contributed by atoms with Crippen LogP contribution in [0.25, 0.3) is 0 Å². The second-order valence-electron chi connectivity index (χ2n) is 8.27. The van der Waals surface area contributed by atoms with Crippen molar-refractivity contribution >= 4 is 15.9 Å². The predicted molar refractivity (Wildman–Crippen MR) is 111 cm³/mol. The van der Waals surface area contributed by atoms with E-state index in [9.17, 15) is 13.2 Å². The van der Waals surface area contributed by atoms with Crippen molar-refractivity contribution in [3.05, 3.63) is 54.4 Å². The van der Waals surface area contributed by atoms with Crippen LogP contribution in [-0.4, -0.2) is 60.3 Å². The lowest BCUT2D eigenvalue weighted by atomic mass is 10.1. The Hall–Kier alpha value is -2.45. The van der Waals surface area contributed by atoms with Crippen LogP contribution in [0, 0.1) is 5.92 Å². The number of rotatable bonds is 3. The Kier molecular flexibility index (Phi) is 4.99. The highest BCUT2D eigenvalue weighted by Gasteiger charge is 2.45. The standard InChI is InChI=1S/C22H25N3O4S/c26-22(17-5-3-4-12-23-17)24-13-10-18-19(11-14-24)29-20-6-1-2-7-21(20)30(27,28)25(18)15-16-8-9-16/h1-7,12,16,18-19H,8-11,13-15H2/t18-,19-/m1/s1. The van der Waals surface area contributed by atoms with Crippen LogP contribution in [-0.2, 0) is 10.0 Å². The molecule has 0 radical (unpaired) electrons. The molecule has 7 nitrogen and oxygen atoms in total. The number of nitrogens with zero attached hydrogens (tertiary/aromatic N) is 3. The second kappa shape index (κ2) is 7.67. The van der Waals surface area contributed by atoms with Crippen molar-refractivity contribution in [2.24, 2.45) is 5.92 Å². The maximum absolute atomic E-state index is 13.5. The van der Waals surface area contributed by atoms with E-state index in [2.05, 4.69) is 4.98 Å². The lowest BCUT2D eigenvalue weighted by molar-refractivity contribution is 0.0749. The first-order valence-corrected chi connectivity index (χ1v) is 12.0. The van der Waals surface area contributed by atoms with E-state index in [1.807, 2.05) is 0 Å². The maximum Gasteiger partial charge on any atom is 0.272 e. The van der Waals surface area contributed by atoms with Crippen molar-refractivity contribution in [2.75, 3.05) is 19.6 Å². The number of likely N-dealkylation sites (tertiary alicyclic amines) is 1. The van der Waals surface area contributed by atoms with E-state index >= 15 is 0 Å². The summed E-state index contributed by atoms with van der Waals surface area (Å²) in [7, 11) is -3.66. The number of hydrogen-bond acceptors (Lipinski definition) is 5. The Balaban J connectivity index is 1.46. The molecule has 3 heterocycles. The van der Waals surface area contributed by atoms with E-state index in [0.29, 0.717) is 49.8 Å². The van der Waals surface area contributed by atoms with Gasteiger partial charge in [0.15, 0.2) is 0 Å². The van der Waals surface area contributed by atoms with Gasteiger partial charge in [-0.25, -0.2) is 8.42 Å². The molecule has 8 heteroatoms. The van der Waals surface area contributed by atoms with Crippen molar-refractivity contribution in [1.29, 1.82) is 0 Å². The van der Waals surface area contributed by atoms with Gasteiger partial charge in [0.25, 0.3) is 5.91 Å². The minimum Gasteiger partial charge on any atom is -0.487 e. The normalized spacial score (nSPS) is 25.9. The molecule has 2 aromatic rings. The highest BCUT2D eigenvalue weighted by atomic mass is 32.2. The lowest BCUT2D eigenvalue weighted by Crippen LogP contribution is -2.48. The van der Waals surface area contributed by atoms with E-state index in [-0.39, 0.29) is 22.9 Å². The molecular weight excluding hydrogens is 402 g/mol. The van der Waals surface area contributed by atoms with Crippen LogP contribution in [0.1, 0.15) is 36.2 Å². The van der Waals surface area contributed by atoms with Gasteiger partial charge in [0.2, 0.25) is 10.0 Å². The smallest absolute Gasteiger partial charge is 0.272 e. The topological polar surface area (TPSA) is 79.8 Å². The number of aromatic nitrogens is 1. The summed E-state index contributed by atoms with van der Waals surface area (Å²) in [6.07, 6.45) is 4.58. The average Bonchev–Trinajstić information content (AvgIpc) is 3.60. The van der Waals surface area contributed by atoms with Crippen LogP contribution >= 0.6 is 0 Å². The van der Waals surface area contributed by atoms with Gasteiger partial charge in [0.1, 0.15) is 22.4 Å². The third kappa shape index (κ3) is 3.58. The summed E-state index contributed by atoms with van der Waals surface area (Å²) in [5.41, 5.74) is 0.410. The van der Waals surface area contributed by atoms with Gasteiger partial charge in [-0.3, -0.25) is 9.78 Å².